The first-order chi connectivity index (χ1) is 9.09. The van der Waals surface area contributed by atoms with Crippen LogP contribution in [-0.2, 0) is 11.3 Å². The van der Waals surface area contributed by atoms with E-state index in [1.54, 1.807) is 4.90 Å². The van der Waals surface area contributed by atoms with E-state index >= 15 is 0 Å². The van der Waals surface area contributed by atoms with Crippen LogP contribution in [0, 0.1) is 5.92 Å². The SMILES string of the molecule is CN(Cc1ccccc1Br)C(=O)C1CCCCC1N. The Hall–Kier alpha value is -0.870. The maximum atomic E-state index is 12.5. The van der Waals surface area contributed by atoms with Crippen molar-refractivity contribution in [2.45, 2.75) is 38.3 Å². The summed E-state index contributed by atoms with van der Waals surface area (Å²) in [7, 11) is 1.86. The minimum absolute atomic E-state index is 0.00115. The van der Waals surface area contributed by atoms with Crippen molar-refractivity contribution in [1.82, 2.24) is 4.90 Å². The van der Waals surface area contributed by atoms with Gasteiger partial charge in [0.15, 0.2) is 0 Å². The van der Waals surface area contributed by atoms with Crippen LogP contribution in [0.15, 0.2) is 28.7 Å². The van der Waals surface area contributed by atoms with Crippen molar-refractivity contribution in [2.75, 3.05) is 7.05 Å². The maximum absolute atomic E-state index is 12.5. The zero-order valence-electron chi connectivity index (χ0n) is 11.3. The first-order valence-corrected chi connectivity index (χ1v) is 7.63. The van der Waals surface area contributed by atoms with Gasteiger partial charge in [0.2, 0.25) is 5.91 Å². The number of hydrogen-bond donors (Lipinski definition) is 1. The number of hydrogen-bond acceptors (Lipinski definition) is 2. The molecular formula is C15H21BrN2O. The monoisotopic (exact) mass is 324 g/mol. The van der Waals surface area contributed by atoms with Crippen molar-refractivity contribution in [1.29, 1.82) is 0 Å². The van der Waals surface area contributed by atoms with Gasteiger partial charge in [0, 0.05) is 24.1 Å². The van der Waals surface area contributed by atoms with Gasteiger partial charge in [-0.2, -0.15) is 0 Å². The molecule has 1 saturated carbocycles. The van der Waals surface area contributed by atoms with E-state index in [-0.39, 0.29) is 17.9 Å². The summed E-state index contributed by atoms with van der Waals surface area (Å²) < 4.78 is 1.04. The zero-order valence-corrected chi connectivity index (χ0v) is 12.9. The second-order valence-corrected chi connectivity index (χ2v) is 6.19. The number of rotatable bonds is 3. The molecule has 0 spiro atoms. The Morgan fingerprint density at radius 3 is 2.74 bits per heavy atom. The molecule has 0 radical (unpaired) electrons. The molecule has 104 valence electrons. The highest BCUT2D eigenvalue weighted by Gasteiger charge is 2.30. The molecule has 1 aromatic rings. The molecule has 2 rings (SSSR count). The summed E-state index contributed by atoms with van der Waals surface area (Å²) in [6.45, 7) is 0.628. The van der Waals surface area contributed by atoms with E-state index in [0.29, 0.717) is 6.54 Å². The fourth-order valence-corrected chi connectivity index (χ4v) is 3.12. The number of carbonyl (C=O) groups is 1. The average Bonchev–Trinajstić information content (AvgIpc) is 2.41. The van der Waals surface area contributed by atoms with Crippen LogP contribution in [0.5, 0.6) is 0 Å². The number of carbonyl (C=O) groups excluding carboxylic acids is 1. The molecule has 2 N–H and O–H groups in total. The molecule has 1 aromatic carbocycles. The van der Waals surface area contributed by atoms with Crippen LogP contribution in [0.2, 0.25) is 0 Å². The molecule has 3 nitrogen and oxygen atoms in total. The van der Waals surface area contributed by atoms with Gasteiger partial charge < -0.3 is 10.6 Å². The molecule has 0 aromatic heterocycles. The van der Waals surface area contributed by atoms with E-state index in [1.807, 2.05) is 31.3 Å². The van der Waals surface area contributed by atoms with Crippen LogP contribution >= 0.6 is 15.9 Å². The fraction of sp³-hybridized carbons (Fsp3) is 0.533. The van der Waals surface area contributed by atoms with Gasteiger partial charge in [0.05, 0.1) is 5.92 Å². The number of benzene rings is 1. The third-order valence-corrected chi connectivity index (χ3v) is 4.65. The summed E-state index contributed by atoms with van der Waals surface area (Å²) >= 11 is 3.52. The standard InChI is InChI=1S/C15H21BrN2O/c1-18(10-11-6-2-4-8-13(11)16)15(19)12-7-3-5-9-14(12)17/h2,4,6,8,12,14H,3,5,7,9-10,17H2,1H3. The van der Waals surface area contributed by atoms with Gasteiger partial charge >= 0.3 is 0 Å². The lowest BCUT2D eigenvalue weighted by atomic mass is 9.84. The fourth-order valence-electron chi connectivity index (χ4n) is 2.71. The normalized spacial score (nSPS) is 23.1. The van der Waals surface area contributed by atoms with Gasteiger partial charge in [-0.1, -0.05) is 47.0 Å². The van der Waals surface area contributed by atoms with Crippen LogP contribution in [0.4, 0.5) is 0 Å². The molecule has 4 heteroatoms. The summed E-state index contributed by atoms with van der Waals surface area (Å²) in [5.74, 6) is 0.184. The third kappa shape index (κ3) is 3.57. The summed E-state index contributed by atoms with van der Waals surface area (Å²) in [6.07, 6.45) is 4.17. The van der Waals surface area contributed by atoms with Crippen LogP contribution in [0.3, 0.4) is 0 Å². The third-order valence-electron chi connectivity index (χ3n) is 3.88. The molecule has 0 saturated heterocycles. The highest BCUT2D eigenvalue weighted by Crippen LogP contribution is 2.25. The molecule has 0 bridgehead atoms. The first kappa shape index (κ1) is 14.5. The van der Waals surface area contributed by atoms with Crippen molar-refractivity contribution in [3.63, 3.8) is 0 Å². The van der Waals surface area contributed by atoms with Crippen molar-refractivity contribution in [3.8, 4) is 0 Å². The van der Waals surface area contributed by atoms with Gasteiger partial charge in [0.25, 0.3) is 0 Å². The van der Waals surface area contributed by atoms with Gasteiger partial charge in [-0.25, -0.2) is 0 Å². The Morgan fingerprint density at radius 2 is 2.05 bits per heavy atom. The highest BCUT2D eigenvalue weighted by atomic mass is 79.9. The Morgan fingerprint density at radius 1 is 1.37 bits per heavy atom. The smallest absolute Gasteiger partial charge is 0.227 e. The molecule has 2 atom stereocenters. The lowest BCUT2D eigenvalue weighted by Crippen LogP contribution is -2.44. The van der Waals surface area contributed by atoms with Crippen molar-refractivity contribution < 1.29 is 4.79 Å². The molecule has 2 unspecified atom stereocenters. The summed E-state index contributed by atoms with van der Waals surface area (Å²) in [5.41, 5.74) is 7.21. The van der Waals surface area contributed by atoms with Crippen LogP contribution in [0.25, 0.3) is 0 Å². The van der Waals surface area contributed by atoms with Crippen molar-refractivity contribution in [2.24, 2.45) is 11.7 Å². The lowest BCUT2D eigenvalue weighted by molar-refractivity contribution is -0.136. The molecule has 19 heavy (non-hydrogen) atoms. The highest BCUT2D eigenvalue weighted by molar-refractivity contribution is 9.10. The summed E-state index contributed by atoms with van der Waals surface area (Å²) in [6, 6.07) is 8.04. The molecular weight excluding hydrogens is 304 g/mol. The van der Waals surface area contributed by atoms with E-state index in [9.17, 15) is 4.79 Å². The van der Waals surface area contributed by atoms with E-state index in [1.165, 1.54) is 0 Å². The van der Waals surface area contributed by atoms with Crippen LogP contribution < -0.4 is 5.73 Å². The second-order valence-electron chi connectivity index (χ2n) is 5.34. The van der Waals surface area contributed by atoms with Gasteiger partial charge in [-0.05, 0) is 24.5 Å². The van der Waals surface area contributed by atoms with E-state index in [4.69, 9.17) is 5.73 Å². The predicted molar refractivity (Wildman–Crippen MR) is 80.5 cm³/mol. The van der Waals surface area contributed by atoms with Gasteiger partial charge in [0.1, 0.15) is 0 Å². The minimum atomic E-state index is 0.00115. The topological polar surface area (TPSA) is 46.3 Å². The Balaban J connectivity index is 2.01. The van der Waals surface area contributed by atoms with E-state index < -0.39 is 0 Å². The number of nitrogens with zero attached hydrogens (tertiary/aromatic N) is 1. The largest absolute Gasteiger partial charge is 0.341 e. The number of halogens is 1. The van der Waals surface area contributed by atoms with E-state index in [2.05, 4.69) is 15.9 Å². The van der Waals surface area contributed by atoms with Crippen LogP contribution in [0.1, 0.15) is 31.2 Å². The Labute approximate surface area is 123 Å². The maximum Gasteiger partial charge on any atom is 0.227 e. The summed E-state index contributed by atoms with van der Waals surface area (Å²) in [4.78, 5) is 14.3. The molecule has 1 aliphatic carbocycles. The van der Waals surface area contributed by atoms with Gasteiger partial charge in [-0.3, -0.25) is 4.79 Å². The minimum Gasteiger partial charge on any atom is -0.341 e. The first-order valence-electron chi connectivity index (χ1n) is 6.83. The van der Waals surface area contributed by atoms with Crippen LogP contribution in [-0.4, -0.2) is 23.9 Å². The zero-order chi connectivity index (χ0) is 13.8. The lowest BCUT2D eigenvalue weighted by Gasteiger charge is -2.31. The Bertz CT molecular complexity index is 450. The molecule has 1 aliphatic rings. The van der Waals surface area contributed by atoms with Crippen molar-refractivity contribution >= 4 is 21.8 Å². The average molecular weight is 325 g/mol. The second kappa shape index (κ2) is 6.53. The predicted octanol–water partition coefficient (Wildman–Crippen LogP) is 2.93. The molecule has 0 aliphatic heterocycles. The molecule has 1 amide bonds. The summed E-state index contributed by atoms with van der Waals surface area (Å²) in [5, 5.41) is 0. The quantitative estimate of drug-likeness (QED) is 0.929. The molecule has 0 heterocycles. The number of nitrogens with two attached hydrogens (primary N) is 1. The molecule has 1 fully saturated rings. The van der Waals surface area contributed by atoms with E-state index in [0.717, 1.165) is 35.7 Å². The Kier molecular flexibility index (Phi) is 4.99. The van der Waals surface area contributed by atoms with Gasteiger partial charge in [-0.15, -0.1) is 0 Å². The van der Waals surface area contributed by atoms with Crippen molar-refractivity contribution in [3.05, 3.63) is 34.3 Å². The number of amides is 1.